The van der Waals surface area contributed by atoms with Crippen LogP contribution < -0.4 is 10.8 Å². The summed E-state index contributed by atoms with van der Waals surface area (Å²) in [6.07, 6.45) is 0. The summed E-state index contributed by atoms with van der Waals surface area (Å²) in [5, 5.41) is 11.5. The molecule has 0 saturated heterocycles. The van der Waals surface area contributed by atoms with Crippen molar-refractivity contribution in [3.63, 3.8) is 0 Å². The molecule has 0 unspecified atom stereocenters. The van der Waals surface area contributed by atoms with Crippen LogP contribution in [0, 0.1) is 0 Å². The largest absolute Gasteiger partial charge is 0.365 e. The Hall–Kier alpha value is 0.0569. The fourth-order valence-corrected chi connectivity index (χ4v) is 1.20. The van der Waals surface area contributed by atoms with Crippen LogP contribution in [-0.2, 0) is 0 Å². The highest BCUT2D eigenvalue weighted by Gasteiger charge is 2.30. The van der Waals surface area contributed by atoms with Crippen LogP contribution in [0.3, 0.4) is 0 Å². The lowest BCUT2D eigenvalue weighted by Gasteiger charge is -2.33. The van der Waals surface area contributed by atoms with Crippen molar-refractivity contribution in [3.05, 3.63) is 0 Å². The molecule has 0 aromatic heterocycles. The molecule has 0 aliphatic rings. The van der Waals surface area contributed by atoms with Gasteiger partial charge in [-0.2, -0.15) is 0 Å². The average Bonchev–Trinajstić information content (AvgIpc) is 1.65. The van der Waals surface area contributed by atoms with E-state index in [-0.39, 0.29) is 0 Å². The minimum absolute atomic E-state index is 1.88. The molecule has 0 aromatic carbocycles. The molecule has 0 fully saturated rings. The molecule has 0 atom stereocenters. The van der Waals surface area contributed by atoms with Crippen LogP contribution in [0.4, 0.5) is 0 Å². The number of hydrogen-bond acceptors (Lipinski definition) is 4. The lowest BCUT2D eigenvalue weighted by Crippen LogP contribution is -2.75. The van der Waals surface area contributed by atoms with Crippen molar-refractivity contribution >= 4 is 8.72 Å². The van der Waals surface area contributed by atoms with Gasteiger partial charge in [0.15, 0.2) is 0 Å². The Bertz CT molecular complexity index is 80.6. The topological polar surface area (TPSA) is 58.5 Å². The number of rotatable bonds is 2. The zero-order valence-electron chi connectivity index (χ0n) is 6.55. The molecule has 0 aliphatic heterocycles. The molecule has 4 nitrogen and oxygen atoms in total. The predicted octanol–water partition coefficient (Wildman–Crippen LogP) is -1.54. The van der Waals surface area contributed by atoms with Gasteiger partial charge in [-0.15, -0.1) is 0 Å². The second-order valence-corrected chi connectivity index (χ2v) is 5.93. The van der Waals surface area contributed by atoms with Crippen molar-refractivity contribution in [1.82, 2.24) is 9.13 Å². The predicted molar refractivity (Wildman–Crippen MR) is 41.5 cm³/mol. The Morgan fingerprint density at radius 3 is 1.11 bits per heavy atom. The van der Waals surface area contributed by atoms with Gasteiger partial charge in [-0.25, -0.2) is 0 Å². The molecule has 0 aliphatic carbocycles. The van der Waals surface area contributed by atoms with Gasteiger partial charge in [0.1, 0.15) is 0 Å². The second kappa shape index (κ2) is 2.76. The summed E-state index contributed by atoms with van der Waals surface area (Å²) in [6, 6.07) is 0. The Balaban J connectivity index is 4.01. The molecular weight excluding hydrogens is 132 g/mol. The minimum Gasteiger partial charge on any atom is -0.314 e. The maximum Gasteiger partial charge on any atom is 0.365 e. The van der Waals surface area contributed by atoms with E-state index in [2.05, 4.69) is 0 Å². The van der Waals surface area contributed by atoms with E-state index < -0.39 is 8.72 Å². The molecule has 0 radical (unpaired) electrons. The van der Waals surface area contributed by atoms with E-state index in [1.807, 2.05) is 37.3 Å². The van der Waals surface area contributed by atoms with Crippen molar-refractivity contribution in [2.45, 2.75) is 0 Å². The lowest BCUT2D eigenvalue weighted by molar-refractivity contribution is 0.479. The lowest BCUT2D eigenvalue weighted by atomic mass is 11.3. The summed E-state index contributed by atoms with van der Waals surface area (Å²) in [5.41, 5.74) is 0. The first kappa shape index (κ1) is 9.06. The molecule has 5 heteroatoms. The van der Waals surface area contributed by atoms with Crippen molar-refractivity contribution < 1.29 is 0 Å². The van der Waals surface area contributed by atoms with E-state index in [1.54, 1.807) is 0 Å². The Morgan fingerprint density at radius 2 is 1.11 bits per heavy atom. The molecular formula is C4H16N4Si. The summed E-state index contributed by atoms with van der Waals surface area (Å²) in [4.78, 5) is 0. The van der Waals surface area contributed by atoms with Gasteiger partial charge >= 0.3 is 8.72 Å². The summed E-state index contributed by atoms with van der Waals surface area (Å²) in [5.74, 6) is 0. The molecule has 0 amide bonds. The number of nitrogens with zero attached hydrogens (tertiary/aromatic N) is 2. The maximum absolute atomic E-state index is 5.77. The smallest absolute Gasteiger partial charge is 0.314 e. The van der Waals surface area contributed by atoms with Crippen LogP contribution in [0.5, 0.6) is 0 Å². The standard InChI is InChI=1S/C4H16N4Si/c1-7(2)9(5,6)8(3)4/h5-6H2,1-4H3. The Morgan fingerprint density at radius 1 is 0.889 bits per heavy atom. The summed E-state index contributed by atoms with van der Waals surface area (Å²) in [7, 11) is 5.39. The number of hydrogen-bond donors (Lipinski definition) is 2. The van der Waals surface area contributed by atoms with E-state index in [4.69, 9.17) is 10.8 Å². The summed E-state index contributed by atoms with van der Waals surface area (Å²) >= 11 is 0. The van der Waals surface area contributed by atoms with E-state index in [0.717, 1.165) is 0 Å². The Labute approximate surface area is 57.7 Å². The van der Waals surface area contributed by atoms with Gasteiger partial charge in [0.05, 0.1) is 0 Å². The molecule has 56 valence electrons. The Kier molecular flexibility index (Phi) is 2.78. The third-order valence-corrected chi connectivity index (χ3v) is 4.30. The SMILES string of the molecule is CN(C)[Si](N)(N)N(C)C. The third-order valence-electron chi connectivity index (χ3n) is 1.43. The maximum atomic E-state index is 5.77. The first-order valence-corrected chi connectivity index (χ1v) is 4.86. The molecule has 0 spiro atoms. The van der Waals surface area contributed by atoms with E-state index in [0.29, 0.717) is 0 Å². The van der Waals surface area contributed by atoms with Crippen molar-refractivity contribution in [3.8, 4) is 0 Å². The van der Waals surface area contributed by atoms with Gasteiger partial charge < -0.3 is 10.8 Å². The molecule has 0 bridgehead atoms. The first-order valence-electron chi connectivity index (χ1n) is 2.81. The highest BCUT2D eigenvalue weighted by molar-refractivity contribution is 6.67. The highest BCUT2D eigenvalue weighted by atomic mass is 28.4. The van der Waals surface area contributed by atoms with Gasteiger partial charge in [-0.05, 0) is 28.2 Å². The third kappa shape index (κ3) is 2.03. The van der Waals surface area contributed by atoms with Gasteiger partial charge in [0.25, 0.3) is 0 Å². The van der Waals surface area contributed by atoms with Crippen molar-refractivity contribution in [1.29, 1.82) is 0 Å². The van der Waals surface area contributed by atoms with Crippen LogP contribution in [0.15, 0.2) is 0 Å². The van der Waals surface area contributed by atoms with Crippen LogP contribution in [0.1, 0.15) is 0 Å². The van der Waals surface area contributed by atoms with Crippen molar-refractivity contribution in [2.24, 2.45) is 10.8 Å². The molecule has 0 aromatic rings. The molecule has 4 N–H and O–H groups in total. The van der Waals surface area contributed by atoms with Gasteiger partial charge in [0.2, 0.25) is 0 Å². The zero-order chi connectivity index (χ0) is 7.65. The first-order chi connectivity index (χ1) is 3.89. The minimum atomic E-state index is -2.19. The fourth-order valence-electron chi connectivity index (χ4n) is 0.400. The van der Waals surface area contributed by atoms with Crippen LogP contribution in [0.2, 0.25) is 0 Å². The van der Waals surface area contributed by atoms with Gasteiger partial charge in [-0.1, -0.05) is 0 Å². The van der Waals surface area contributed by atoms with E-state index in [9.17, 15) is 0 Å². The quantitative estimate of drug-likeness (QED) is 0.466. The summed E-state index contributed by atoms with van der Waals surface area (Å²) in [6.45, 7) is 0. The van der Waals surface area contributed by atoms with Crippen LogP contribution in [0.25, 0.3) is 0 Å². The summed E-state index contributed by atoms with van der Waals surface area (Å²) < 4.78 is 3.76. The van der Waals surface area contributed by atoms with Gasteiger partial charge in [0, 0.05) is 0 Å². The van der Waals surface area contributed by atoms with Gasteiger partial charge in [-0.3, -0.25) is 9.13 Å². The van der Waals surface area contributed by atoms with E-state index in [1.165, 1.54) is 0 Å². The normalized spacial score (nSPS) is 13.3. The van der Waals surface area contributed by atoms with E-state index >= 15 is 0 Å². The highest BCUT2D eigenvalue weighted by Crippen LogP contribution is 1.90. The molecule has 0 rings (SSSR count). The second-order valence-electron chi connectivity index (χ2n) is 2.57. The fraction of sp³-hybridized carbons (Fsp3) is 1.00. The molecule has 0 saturated carbocycles. The molecule has 0 heterocycles. The monoisotopic (exact) mass is 148 g/mol. The number of nitrogens with two attached hydrogens (primary N) is 2. The van der Waals surface area contributed by atoms with Crippen LogP contribution >= 0.6 is 0 Å². The molecule has 9 heavy (non-hydrogen) atoms. The average molecular weight is 148 g/mol. The van der Waals surface area contributed by atoms with Crippen molar-refractivity contribution in [2.75, 3.05) is 28.2 Å². The van der Waals surface area contributed by atoms with Crippen LogP contribution in [-0.4, -0.2) is 46.0 Å². The zero-order valence-corrected chi connectivity index (χ0v) is 7.55.